The lowest BCUT2D eigenvalue weighted by Gasteiger charge is -2.02. The summed E-state index contributed by atoms with van der Waals surface area (Å²) in [5, 5.41) is 12.9. The molecule has 0 spiro atoms. The molecule has 1 atom stereocenters. The molecule has 2 heterocycles. The van der Waals surface area contributed by atoms with Gasteiger partial charge in [0, 0.05) is 11.7 Å². The lowest BCUT2D eigenvalue weighted by atomic mass is 10.2. The van der Waals surface area contributed by atoms with E-state index in [9.17, 15) is 4.79 Å². The Kier molecular flexibility index (Phi) is 3.25. The number of carboxylic acid groups (broad SMARTS) is 1. The first kappa shape index (κ1) is 10.5. The van der Waals surface area contributed by atoms with Crippen LogP contribution in [0, 0.1) is 0 Å². The summed E-state index contributed by atoms with van der Waals surface area (Å²) in [5.74, 6) is 1.08. The van der Waals surface area contributed by atoms with E-state index >= 15 is 0 Å². The topological polar surface area (TPSA) is 76.2 Å². The van der Waals surface area contributed by atoms with Crippen molar-refractivity contribution in [2.45, 2.75) is 30.9 Å². The van der Waals surface area contributed by atoms with Crippen LogP contribution in [-0.2, 0) is 17.6 Å². The first-order chi connectivity index (χ1) is 7.24. The molecular weight excluding hydrogens is 216 g/mol. The van der Waals surface area contributed by atoms with Crippen LogP contribution < -0.4 is 0 Å². The van der Waals surface area contributed by atoms with Crippen LogP contribution in [0.2, 0.25) is 0 Å². The Bertz CT molecular complexity index is 347. The van der Waals surface area contributed by atoms with Gasteiger partial charge in [0.2, 0.25) is 5.89 Å². The minimum absolute atomic E-state index is 0.190. The number of thioether (sulfide) groups is 1. The molecule has 0 radical (unpaired) electrons. The summed E-state index contributed by atoms with van der Waals surface area (Å²) in [4.78, 5) is 14.4. The largest absolute Gasteiger partial charge is 0.481 e. The van der Waals surface area contributed by atoms with E-state index in [1.165, 1.54) is 18.6 Å². The van der Waals surface area contributed by atoms with Gasteiger partial charge in [-0.3, -0.25) is 4.79 Å². The highest BCUT2D eigenvalue weighted by Gasteiger charge is 2.19. The summed E-state index contributed by atoms with van der Waals surface area (Å²) in [6.45, 7) is 0. The summed E-state index contributed by atoms with van der Waals surface area (Å²) in [7, 11) is 0. The first-order valence-corrected chi connectivity index (χ1v) is 5.94. The number of carbonyl (C=O) groups is 1. The molecule has 1 aromatic rings. The van der Waals surface area contributed by atoms with Crippen molar-refractivity contribution in [1.82, 2.24) is 10.1 Å². The van der Waals surface area contributed by atoms with E-state index in [1.807, 2.05) is 11.8 Å². The van der Waals surface area contributed by atoms with Crippen molar-refractivity contribution >= 4 is 17.7 Å². The maximum absolute atomic E-state index is 10.4. The molecule has 1 aromatic heterocycles. The van der Waals surface area contributed by atoms with E-state index in [2.05, 4.69) is 10.1 Å². The standard InChI is InChI=1S/C9H12N2O3S/c12-9(13)5-8-10-7(11-14-8)4-6-2-1-3-15-6/h6H,1-5H2,(H,12,13). The van der Waals surface area contributed by atoms with Crippen molar-refractivity contribution in [3.8, 4) is 0 Å². The number of nitrogens with zero attached hydrogens (tertiary/aromatic N) is 2. The van der Waals surface area contributed by atoms with E-state index in [0.29, 0.717) is 11.1 Å². The average Bonchev–Trinajstić information content (AvgIpc) is 2.77. The van der Waals surface area contributed by atoms with Crippen molar-refractivity contribution in [1.29, 1.82) is 0 Å². The molecular formula is C9H12N2O3S. The van der Waals surface area contributed by atoms with Gasteiger partial charge in [-0.05, 0) is 18.6 Å². The lowest BCUT2D eigenvalue weighted by Crippen LogP contribution is -2.04. The van der Waals surface area contributed by atoms with Crippen molar-refractivity contribution < 1.29 is 14.4 Å². The molecule has 1 saturated heterocycles. The van der Waals surface area contributed by atoms with Gasteiger partial charge in [-0.15, -0.1) is 0 Å². The fourth-order valence-corrected chi connectivity index (χ4v) is 2.85. The fraction of sp³-hybridized carbons (Fsp3) is 0.667. The zero-order chi connectivity index (χ0) is 10.7. The second kappa shape index (κ2) is 4.65. The normalized spacial score (nSPS) is 20.7. The molecule has 6 heteroatoms. The summed E-state index contributed by atoms with van der Waals surface area (Å²) < 4.78 is 4.83. The molecule has 1 unspecified atom stereocenters. The van der Waals surface area contributed by atoms with Gasteiger partial charge in [-0.25, -0.2) is 0 Å². The molecule has 0 aromatic carbocycles. The SMILES string of the molecule is O=C(O)Cc1nc(CC2CCCS2)no1. The van der Waals surface area contributed by atoms with Crippen LogP contribution in [0.1, 0.15) is 24.6 Å². The number of rotatable bonds is 4. The number of hydrogen-bond acceptors (Lipinski definition) is 5. The van der Waals surface area contributed by atoms with Gasteiger partial charge < -0.3 is 9.63 Å². The lowest BCUT2D eigenvalue weighted by molar-refractivity contribution is -0.136. The summed E-state index contributed by atoms with van der Waals surface area (Å²) >= 11 is 1.92. The summed E-state index contributed by atoms with van der Waals surface area (Å²) in [5.41, 5.74) is 0. The maximum Gasteiger partial charge on any atom is 0.312 e. The highest BCUT2D eigenvalue weighted by Crippen LogP contribution is 2.28. The van der Waals surface area contributed by atoms with Gasteiger partial charge in [-0.2, -0.15) is 16.7 Å². The monoisotopic (exact) mass is 228 g/mol. The average molecular weight is 228 g/mol. The van der Waals surface area contributed by atoms with Gasteiger partial charge in [0.1, 0.15) is 6.42 Å². The summed E-state index contributed by atoms with van der Waals surface area (Å²) in [6.07, 6.45) is 3.03. The van der Waals surface area contributed by atoms with Crippen molar-refractivity contribution in [3.63, 3.8) is 0 Å². The molecule has 2 rings (SSSR count). The Morgan fingerprint density at radius 2 is 2.53 bits per heavy atom. The van der Waals surface area contributed by atoms with Crippen LogP contribution in [0.15, 0.2) is 4.52 Å². The first-order valence-electron chi connectivity index (χ1n) is 4.89. The molecule has 1 N–H and O–H groups in total. The molecule has 0 bridgehead atoms. The Labute approximate surface area is 91.2 Å². The Morgan fingerprint density at radius 1 is 1.67 bits per heavy atom. The van der Waals surface area contributed by atoms with E-state index in [-0.39, 0.29) is 12.3 Å². The molecule has 0 amide bonds. The number of aliphatic carboxylic acids is 1. The second-order valence-electron chi connectivity index (χ2n) is 3.51. The smallest absolute Gasteiger partial charge is 0.312 e. The van der Waals surface area contributed by atoms with Crippen molar-refractivity contribution in [2.24, 2.45) is 0 Å². The molecule has 15 heavy (non-hydrogen) atoms. The van der Waals surface area contributed by atoms with Gasteiger partial charge in [0.15, 0.2) is 5.82 Å². The fourth-order valence-electron chi connectivity index (χ4n) is 1.58. The van der Waals surface area contributed by atoms with Crippen LogP contribution >= 0.6 is 11.8 Å². The Hall–Kier alpha value is -1.04. The number of hydrogen-bond donors (Lipinski definition) is 1. The predicted molar refractivity (Wildman–Crippen MR) is 54.8 cm³/mol. The van der Waals surface area contributed by atoms with Gasteiger partial charge in [-0.1, -0.05) is 5.16 Å². The highest BCUT2D eigenvalue weighted by atomic mass is 32.2. The third-order valence-electron chi connectivity index (χ3n) is 2.25. The van der Waals surface area contributed by atoms with Crippen molar-refractivity contribution in [3.05, 3.63) is 11.7 Å². The third-order valence-corrected chi connectivity index (χ3v) is 3.64. The Balaban J connectivity index is 1.91. The molecule has 0 saturated carbocycles. The molecule has 82 valence electrons. The molecule has 5 nitrogen and oxygen atoms in total. The summed E-state index contributed by atoms with van der Waals surface area (Å²) in [6, 6.07) is 0. The van der Waals surface area contributed by atoms with Crippen LogP contribution in [-0.4, -0.2) is 32.2 Å². The minimum atomic E-state index is -0.944. The minimum Gasteiger partial charge on any atom is -0.481 e. The van der Waals surface area contributed by atoms with Crippen LogP contribution in [0.3, 0.4) is 0 Å². The highest BCUT2D eigenvalue weighted by molar-refractivity contribution is 8.00. The van der Waals surface area contributed by atoms with E-state index in [0.717, 1.165) is 6.42 Å². The molecule has 1 aliphatic heterocycles. The number of carboxylic acids is 1. The zero-order valence-electron chi connectivity index (χ0n) is 8.18. The molecule has 0 aliphatic carbocycles. The predicted octanol–water partition coefficient (Wildman–Crippen LogP) is 1.13. The molecule has 1 aliphatic rings. The zero-order valence-corrected chi connectivity index (χ0v) is 9.00. The quantitative estimate of drug-likeness (QED) is 0.832. The van der Waals surface area contributed by atoms with E-state index in [4.69, 9.17) is 9.63 Å². The van der Waals surface area contributed by atoms with Gasteiger partial charge >= 0.3 is 5.97 Å². The van der Waals surface area contributed by atoms with Crippen LogP contribution in [0.5, 0.6) is 0 Å². The van der Waals surface area contributed by atoms with Crippen LogP contribution in [0.4, 0.5) is 0 Å². The molecule has 1 fully saturated rings. The van der Waals surface area contributed by atoms with Gasteiger partial charge in [0.25, 0.3) is 0 Å². The van der Waals surface area contributed by atoms with Gasteiger partial charge in [0.05, 0.1) is 0 Å². The van der Waals surface area contributed by atoms with E-state index < -0.39 is 5.97 Å². The Morgan fingerprint density at radius 3 is 3.20 bits per heavy atom. The number of aromatic nitrogens is 2. The third kappa shape index (κ3) is 2.95. The van der Waals surface area contributed by atoms with E-state index in [1.54, 1.807) is 0 Å². The second-order valence-corrected chi connectivity index (χ2v) is 4.92. The van der Waals surface area contributed by atoms with Crippen molar-refractivity contribution in [2.75, 3.05) is 5.75 Å². The maximum atomic E-state index is 10.4. The van der Waals surface area contributed by atoms with Crippen LogP contribution in [0.25, 0.3) is 0 Å².